The maximum Gasteiger partial charge on any atom is 0.261 e. The van der Waals surface area contributed by atoms with Crippen LogP contribution in [0.15, 0.2) is 49.4 Å². The number of imidazole rings is 1. The van der Waals surface area contributed by atoms with Crippen molar-refractivity contribution in [1.82, 2.24) is 39.4 Å². The number of fused-ring (bicyclic) bond motifs is 2. The number of ether oxygens (including phenoxy) is 2. The molecular formula is C36H50N8O6Si2. The number of carbonyl (C=O) groups is 2. The van der Waals surface area contributed by atoms with E-state index in [9.17, 15) is 9.59 Å². The van der Waals surface area contributed by atoms with Crippen LogP contribution in [0.1, 0.15) is 80.6 Å². The molecule has 0 radical (unpaired) electrons. The summed E-state index contributed by atoms with van der Waals surface area (Å²) < 4.78 is 29.7. The average Bonchev–Trinajstić information content (AvgIpc) is 3.85. The summed E-state index contributed by atoms with van der Waals surface area (Å²) in [5, 5.41) is 8.54. The van der Waals surface area contributed by atoms with Gasteiger partial charge in [0.15, 0.2) is 27.8 Å². The van der Waals surface area contributed by atoms with Crippen molar-refractivity contribution in [2.45, 2.75) is 109 Å². The Morgan fingerprint density at radius 1 is 0.981 bits per heavy atom. The molecule has 0 unspecified atom stereocenters. The Balaban J connectivity index is 1.31. The van der Waals surface area contributed by atoms with Gasteiger partial charge in [-0.3, -0.25) is 19.1 Å². The number of hydrogen-bond donors (Lipinski definition) is 0. The first-order valence-corrected chi connectivity index (χ1v) is 23.5. The molecule has 1 fully saturated rings. The molecule has 16 heteroatoms. The predicted octanol–water partition coefficient (Wildman–Crippen LogP) is 6.47. The summed E-state index contributed by atoms with van der Waals surface area (Å²) in [6.45, 7) is 26.7. The lowest BCUT2D eigenvalue weighted by atomic mass is 10.1. The first-order chi connectivity index (χ1) is 24.3. The Bertz CT molecular complexity index is 1960. The van der Waals surface area contributed by atoms with Crippen molar-refractivity contribution >= 4 is 39.6 Å². The van der Waals surface area contributed by atoms with Crippen LogP contribution in [0, 0.1) is 0 Å². The van der Waals surface area contributed by atoms with E-state index in [0.717, 1.165) is 4.90 Å². The van der Waals surface area contributed by atoms with E-state index in [1.165, 1.54) is 4.68 Å². The van der Waals surface area contributed by atoms with Crippen molar-refractivity contribution in [2.75, 3.05) is 13.2 Å². The van der Waals surface area contributed by atoms with Crippen LogP contribution in [-0.4, -0.2) is 93.3 Å². The smallest absolute Gasteiger partial charge is 0.261 e. The highest BCUT2D eigenvalue weighted by Crippen LogP contribution is 2.43. The van der Waals surface area contributed by atoms with E-state index in [1.54, 1.807) is 42.9 Å². The van der Waals surface area contributed by atoms with E-state index in [0.29, 0.717) is 41.0 Å². The van der Waals surface area contributed by atoms with E-state index in [-0.39, 0.29) is 59.1 Å². The summed E-state index contributed by atoms with van der Waals surface area (Å²) >= 11 is 0. The molecule has 0 aliphatic carbocycles. The molecule has 6 rings (SSSR count). The quantitative estimate of drug-likeness (QED) is 0.0893. The largest absolute Gasteiger partial charge is 0.472 e. The zero-order valence-corrected chi connectivity index (χ0v) is 33.8. The van der Waals surface area contributed by atoms with Gasteiger partial charge in [0, 0.05) is 6.42 Å². The summed E-state index contributed by atoms with van der Waals surface area (Å²) in [7, 11) is -4.25. The molecule has 3 atom stereocenters. The molecule has 1 saturated heterocycles. The lowest BCUT2D eigenvalue weighted by Gasteiger charge is -2.40. The fourth-order valence-corrected chi connectivity index (χ4v) is 8.02. The highest BCUT2D eigenvalue weighted by Gasteiger charge is 2.47. The Hall–Kier alpha value is -4.10. The highest BCUT2D eigenvalue weighted by molar-refractivity contribution is 6.74. The fourth-order valence-electron chi connectivity index (χ4n) is 5.65. The van der Waals surface area contributed by atoms with Crippen LogP contribution in [0.4, 0.5) is 0 Å². The first kappa shape index (κ1) is 37.7. The number of amides is 2. The van der Waals surface area contributed by atoms with E-state index in [2.05, 4.69) is 94.6 Å². The van der Waals surface area contributed by atoms with E-state index < -0.39 is 22.9 Å². The van der Waals surface area contributed by atoms with E-state index in [4.69, 9.17) is 23.3 Å². The number of aromatic nitrogens is 7. The Morgan fingerprint density at radius 2 is 1.63 bits per heavy atom. The van der Waals surface area contributed by atoms with Crippen molar-refractivity contribution < 1.29 is 27.9 Å². The van der Waals surface area contributed by atoms with Crippen LogP contribution in [0.5, 0.6) is 5.88 Å². The summed E-state index contributed by atoms with van der Waals surface area (Å²) in [6, 6.07) is 6.75. The topological polar surface area (TPSA) is 149 Å². The summed E-state index contributed by atoms with van der Waals surface area (Å²) in [5.74, 6) is -0.352. The van der Waals surface area contributed by atoms with Gasteiger partial charge in [-0.15, -0.1) is 5.10 Å². The number of rotatable bonds is 12. The summed E-state index contributed by atoms with van der Waals surface area (Å²) in [6.07, 6.45) is 4.50. The zero-order chi connectivity index (χ0) is 37.8. The molecule has 0 bridgehead atoms. The van der Waals surface area contributed by atoms with E-state index >= 15 is 0 Å². The van der Waals surface area contributed by atoms with E-state index in [1.807, 2.05) is 4.57 Å². The van der Waals surface area contributed by atoms with Crippen molar-refractivity contribution in [3.05, 3.63) is 66.3 Å². The van der Waals surface area contributed by atoms with Gasteiger partial charge in [-0.25, -0.2) is 4.98 Å². The van der Waals surface area contributed by atoms with Gasteiger partial charge in [-0.2, -0.15) is 14.6 Å². The Morgan fingerprint density at radius 3 is 2.25 bits per heavy atom. The summed E-state index contributed by atoms with van der Waals surface area (Å²) in [4.78, 5) is 41.3. The third-order valence-corrected chi connectivity index (χ3v) is 19.8. The normalized spacial score (nSPS) is 19.9. The Labute approximate surface area is 306 Å². The van der Waals surface area contributed by atoms with Crippen LogP contribution in [-0.2, 0) is 20.1 Å². The monoisotopic (exact) mass is 746 g/mol. The molecule has 1 aromatic carbocycles. The van der Waals surface area contributed by atoms with Gasteiger partial charge in [-0.1, -0.05) is 71.5 Å². The predicted molar refractivity (Wildman–Crippen MR) is 200 cm³/mol. The van der Waals surface area contributed by atoms with Crippen LogP contribution < -0.4 is 4.74 Å². The molecule has 14 nitrogen and oxygen atoms in total. The van der Waals surface area contributed by atoms with Crippen molar-refractivity contribution in [2.24, 2.45) is 0 Å². The average molecular weight is 747 g/mol. The van der Waals surface area contributed by atoms with Crippen molar-refractivity contribution in [3.8, 4) is 11.8 Å². The maximum atomic E-state index is 13.0. The van der Waals surface area contributed by atoms with Gasteiger partial charge in [0.25, 0.3) is 17.8 Å². The number of nitrogens with zero attached hydrogens (tertiary/aromatic N) is 8. The minimum absolute atomic E-state index is 0.00708. The Kier molecular flexibility index (Phi) is 9.93. The first-order valence-electron chi connectivity index (χ1n) is 17.6. The third kappa shape index (κ3) is 7.13. The number of benzene rings is 1. The van der Waals surface area contributed by atoms with Gasteiger partial charge >= 0.3 is 0 Å². The molecule has 5 heterocycles. The van der Waals surface area contributed by atoms with Crippen LogP contribution in [0.25, 0.3) is 17.1 Å². The lowest BCUT2D eigenvalue weighted by Crippen LogP contribution is -2.48. The molecule has 3 aromatic heterocycles. The molecule has 52 heavy (non-hydrogen) atoms. The molecule has 2 amide bonds. The minimum Gasteiger partial charge on any atom is -0.472 e. The van der Waals surface area contributed by atoms with Gasteiger partial charge in [0.1, 0.15) is 24.6 Å². The SMILES string of the molecule is C=CCOc1nc(-n2cc(CN3C(=O)c4ccccc4C3=O)nn2)nc2c1ncn2[C@H]1C[C@H](O[Si](C)(C)C(C)(C)C)[C@@H](CO[Si](C)(C)C(C)(C)C)O1. The second-order valence-corrected chi connectivity index (χ2v) is 26.1. The maximum absolute atomic E-state index is 13.0. The standard InChI is InChI=1S/C36H50N8O6Si2/c1-12-17-47-31-29-30(38-34(39-31)44-20-23(40-41-44)19-42-32(45)24-15-13-14-16-25(24)33(42)46)43(22-37-29)28-18-26(50-52(10,11)36(5,6)7)27(49-28)21-48-51(8,9)35(2,3)4/h12-16,20,22,26-28H,1,17-19,21H2,2-11H3/t26-,27+,28+/m0/s1. The van der Waals surface area contributed by atoms with Gasteiger partial charge in [0.2, 0.25) is 5.88 Å². The second-order valence-electron chi connectivity index (χ2n) is 16.5. The molecule has 2 aliphatic rings. The molecule has 0 saturated carbocycles. The number of imide groups is 1. The molecule has 0 spiro atoms. The van der Waals surface area contributed by atoms with Gasteiger partial charge in [-0.05, 0) is 48.4 Å². The van der Waals surface area contributed by atoms with Crippen LogP contribution in [0.3, 0.4) is 0 Å². The van der Waals surface area contributed by atoms with Crippen molar-refractivity contribution in [1.29, 1.82) is 0 Å². The second kappa shape index (κ2) is 13.7. The molecule has 2 aliphatic heterocycles. The molecule has 0 N–H and O–H groups in total. The number of carbonyl (C=O) groups excluding carboxylic acids is 2. The lowest BCUT2D eigenvalue weighted by molar-refractivity contribution is -0.0383. The highest BCUT2D eigenvalue weighted by atomic mass is 28.4. The summed E-state index contributed by atoms with van der Waals surface area (Å²) in [5.41, 5.74) is 2.04. The molecule has 278 valence electrons. The molecular weight excluding hydrogens is 697 g/mol. The molecule has 4 aromatic rings. The van der Waals surface area contributed by atoms with Crippen molar-refractivity contribution in [3.63, 3.8) is 0 Å². The zero-order valence-electron chi connectivity index (χ0n) is 31.8. The van der Waals surface area contributed by atoms with Crippen LogP contribution >= 0.6 is 0 Å². The van der Waals surface area contributed by atoms with Gasteiger partial charge in [0.05, 0.1) is 42.9 Å². The number of hydrogen-bond acceptors (Lipinski definition) is 11. The third-order valence-electron chi connectivity index (χ3n) is 10.8. The fraction of sp³-hybridized carbons (Fsp3) is 0.528. The van der Waals surface area contributed by atoms with Crippen LogP contribution in [0.2, 0.25) is 36.3 Å². The minimum atomic E-state index is -2.17. The van der Waals surface area contributed by atoms with Gasteiger partial charge < -0.3 is 18.3 Å².